The standard InChI is InChI=1S/C8H8ClIN2O2/c1-4(12-8(13)14)5-3-11-7(9)2-6(5)10/h2-4,12H,1H3,(H,13,14)/t4-/m1/s1. The number of nitrogens with zero attached hydrogens (tertiary/aromatic N) is 1. The van der Waals surface area contributed by atoms with Gasteiger partial charge in [-0.2, -0.15) is 0 Å². The highest BCUT2D eigenvalue weighted by Gasteiger charge is 2.11. The molecule has 14 heavy (non-hydrogen) atoms. The van der Waals surface area contributed by atoms with Crippen molar-refractivity contribution in [2.45, 2.75) is 13.0 Å². The fourth-order valence-corrected chi connectivity index (χ4v) is 2.24. The lowest BCUT2D eigenvalue weighted by Gasteiger charge is -2.12. The summed E-state index contributed by atoms with van der Waals surface area (Å²) in [5, 5.41) is 11.3. The van der Waals surface area contributed by atoms with Crippen LogP contribution in [0.2, 0.25) is 5.15 Å². The number of amides is 1. The van der Waals surface area contributed by atoms with Crippen LogP contribution >= 0.6 is 34.2 Å². The Kier molecular flexibility index (Phi) is 3.94. The van der Waals surface area contributed by atoms with E-state index in [9.17, 15) is 4.79 Å². The molecule has 0 aromatic carbocycles. The number of hydrogen-bond acceptors (Lipinski definition) is 2. The molecule has 0 aliphatic rings. The summed E-state index contributed by atoms with van der Waals surface area (Å²) >= 11 is 7.77. The SMILES string of the molecule is C[C@@H](NC(=O)O)c1cnc(Cl)cc1I. The van der Waals surface area contributed by atoms with Crippen LogP contribution in [0, 0.1) is 3.57 Å². The predicted molar refractivity (Wildman–Crippen MR) is 61.5 cm³/mol. The first-order chi connectivity index (χ1) is 6.50. The van der Waals surface area contributed by atoms with Crippen molar-refractivity contribution in [1.29, 1.82) is 0 Å². The van der Waals surface area contributed by atoms with Gasteiger partial charge in [0.25, 0.3) is 0 Å². The minimum atomic E-state index is -1.05. The third kappa shape index (κ3) is 2.98. The largest absolute Gasteiger partial charge is 0.465 e. The molecule has 0 aliphatic carbocycles. The van der Waals surface area contributed by atoms with Gasteiger partial charge in [0.1, 0.15) is 5.15 Å². The number of aromatic nitrogens is 1. The summed E-state index contributed by atoms with van der Waals surface area (Å²) in [5.41, 5.74) is 0.817. The van der Waals surface area contributed by atoms with Crippen LogP contribution in [0.5, 0.6) is 0 Å². The molecule has 4 nitrogen and oxygen atoms in total. The van der Waals surface area contributed by atoms with Gasteiger partial charge in [0.05, 0.1) is 6.04 Å². The number of pyridine rings is 1. The van der Waals surface area contributed by atoms with Crippen molar-refractivity contribution >= 4 is 40.3 Å². The van der Waals surface area contributed by atoms with Gasteiger partial charge in [-0.25, -0.2) is 9.78 Å². The first-order valence-corrected chi connectivity index (χ1v) is 5.26. The molecule has 1 aromatic heterocycles. The minimum absolute atomic E-state index is 0.288. The molecular formula is C8H8ClIN2O2. The normalized spacial score (nSPS) is 12.2. The summed E-state index contributed by atoms with van der Waals surface area (Å²) in [6, 6.07) is 1.40. The lowest BCUT2D eigenvalue weighted by atomic mass is 10.1. The van der Waals surface area contributed by atoms with E-state index in [1.54, 1.807) is 19.2 Å². The van der Waals surface area contributed by atoms with E-state index < -0.39 is 6.09 Å². The second-order valence-corrected chi connectivity index (χ2v) is 4.25. The number of nitrogens with one attached hydrogen (secondary N) is 1. The van der Waals surface area contributed by atoms with Gasteiger partial charge in [0.15, 0.2) is 0 Å². The van der Waals surface area contributed by atoms with Crippen LogP contribution in [0.25, 0.3) is 0 Å². The third-order valence-corrected chi connectivity index (χ3v) is 2.80. The molecule has 0 saturated heterocycles. The third-order valence-electron chi connectivity index (χ3n) is 1.66. The van der Waals surface area contributed by atoms with Gasteiger partial charge in [-0.05, 0) is 35.6 Å². The lowest BCUT2D eigenvalue weighted by molar-refractivity contribution is 0.191. The molecule has 0 bridgehead atoms. The van der Waals surface area contributed by atoms with E-state index in [1.165, 1.54) is 0 Å². The zero-order valence-electron chi connectivity index (χ0n) is 7.29. The summed E-state index contributed by atoms with van der Waals surface area (Å²) < 4.78 is 0.892. The van der Waals surface area contributed by atoms with Crippen LogP contribution in [0.15, 0.2) is 12.3 Å². The van der Waals surface area contributed by atoms with E-state index in [-0.39, 0.29) is 6.04 Å². The Morgan fingerprint density at radius 1 is 1.79 bits per heavy atom. The van der Waals surface area contributed by atoms with Crippen molar-refractivity contribution in [2.75, 3.05) is 0 Å². The molecule has 0 unspecified atom stereocenters. The number of carboxylic acid groups (broad SMARTS) is 1. The van der Waals surface area contributed by atoms with Crippen molar-refractivity contribution in [3.8, 4) is 0 Å². The van der Waals surface area contributed by atoms with Crippen LogP contribution < -0.4 is 5.32 Å². The molecule has 1 amide bonds. The van der Waals surface area contributed by atoms with Crippen LogP contribution in [-0.4, -0.2) is 16.2 Å². The topological polar surface area (TPSA) is 62.2 Å². The van der Waals surface area contributed by atoms with Crippen molar-refractivity contribution in [1.82, 2.24) is 10.3 Å². The maximum atomic E-state index is 10.4. The number of rotatable bonds is 2. The highest BCUT2D eigenvalue weighted by molar-refractivity contribution is 14.1. The summed E-state index contributed by atoms with van der Waals surface area (Å²) in [6.45, 7) is 1.75. The fourth-order valence-electron chi connectivity index (χ4n) is 1.000. The van der Waals surface area contributed by atoms with Crippen LogP contribution in [0.1, 0.15) is 18.5 Å². The second kappa shape index (κ2) is 4.79. The Bertz CT molecular complexity index is 359. The Hall–Kier alpha value is -0.560. The first-order valence-electron chi connectivity index (χ1n) is 3.81. The minimum Gasteiger partial charge on any atom is -0.465 e. The molecule has 0 fully saturated rings. The molecule has 0 radical (unpaired) electrons. The average molecular weight is 327 g/mol. The van der Waals surface area contributed by atoms with Gasteiger partial charge in [-0.15, -0.1) is 0 Å². The van der Waals surface area contributed by atoms with Gasteiger partial charge < -0.3 is 10.4 Å². The summed E-state index contributed by atoms with van der Waals surface area (Å²) in [7, 11) is 0. The van der Waals surface area contributed by atoms with Gasteiger partial charge in [0.2, 0.25) is 0 Å². The van der Waals surface area contributed by atoms with Crippen molar-refractivity contribution in [2.24, 2.45) is 0 Å². The van der Waals surface area contributed by atoms with E-state index in [0.717, 1.165) is 9.13 Å². The first kappa shape index (κ1) is 11.5. The zero-order chi connectivity index (χ0) is 10.7. The molecule has 2 N–H and O–H groups in total. The highest BCUT2D eigenvalue weighted by atomic mass is 127. The Morgan fingerprint density at radius 3 is 2.93 bits per heavy atom. The summed E-state index contributed by atoms with van der Waals surface area (Å²) in [4.78, 5) is 14.3. The average Bonchev–Trinajstić information content (AvgIpc) is 2.01. The Balaban J connectivity index is 2.90. The fraction of sp³-hybridized carbons (Fsp3) is 0.250. The molecule has 0 spiro atoms. The molecule has 1 rings (SSSR count). The lowest BCUT2D eigenvalue weighted by Crippen LogP contribution is -2.25. The molecule has 1 atom stereocenters. The van der Waals surface area contributed by atoms with Gasteiger partial charge in [-0.1, -0.05) is 11.6 Å². The van der Waals surface area contributed by atoms with Crippen LogP contribution in [-0.2, 0) is 0 Å². The van der Waals surface area contributed by atoms with E-state index in [2.05, 4.69) is 32.9 Å². The van der Waals surface area contributed by atoms with Gasteiger partial charge >= 0.3 is 6.09 Å². The molecule has 0 aliphatic heterocycles. The predicted octanol–water partition coefficient (Wildman–Crippen LogP) is 2.67. The van der Waals surface area contributed by atoms with Crippen molar-refractivity contribution in [3.63, 3.8) is 0 Å². The van der Waals surface area contributed by atoms with E-state index >= 15 is 0 Å². The maximum absolute atomic E-state index is 10.4. The molecular weight excluding hydrogens is 318 g/mol. The number of carbonyl (C=O) groups is 1. The highest BCUT2D eigenvalue weighted by Crippen LogP contribution is 2.21. The number of hydrogen-bond donors (Lipinski definition) is 2. The number of halogens is 2. The van der Waals surface area contributed by atoms with Gasteiger partial charge in [-0.3, -0.25) is 0 Å². The molecule has 1 heterocycles. The van der Waals surface area contributed by atoms with Gasteiger partial charge in [0, 0.05) is 15.3 Å². The van der Waals surface area contributed by atoms with Crippen LogP contribution in [0.4, 0.5) is 4.79 Å². The molecule has 76 valence electrons. The van der Waals surface area contributed by atoms with E-state index in [1.807, 2.05) is 0 Å². The monoisotopic (exact) mass is 326 g/mol. The van der Waals surface area contributed by atoms with Crippen LogP contribution in [0.3, 0.4) is 0 Å². The maximum Gasteiger partial charge on any atom is 0.405 e. The summed E-state index contributed by atoms with van der Waals surface area (Å²) in [5.74, 6) is 0. The smallest absolute Gasteiger partial charge is 0.405 e. The van der Waals surface area contributed by atoms with E-state index in [4.69, 9.17) is 16.7 Å². The van der Waals surface area contributed by atoms with Crippen molar-refractivity contribution < 1.29 is 9.90 Å². The zero-order valence-corrected chi connectivity index (χ0v) is 10.2. The quantitative estimate of drug-likeness (QED) is 0.649. The Morgan fingerprint density at radius 2 is 2.43 bits per heavy atom. The summed E-state index contributed by atoms with van der Waals surface area (Å²) in [6.07, 6.45) is 0.522. The molecule has 1 aromatic rings. The Labute approximate surface area is 99.8 Å². The van der Waals surface area contributed by atoms with Crippen molar-refractivity contribution in [3.05, 3.63) is 26.5 Å². The molecule has 6 heteroatoms. The van der Waals surface area contributed by atoms with E-state index in [0.29, 0.717) is 5.15 Å². The molecule has 0 saturated carbocycles. The second-order valence-electron chi connectivity index (χ2n) is 2.70.